The van der Waals surface area contributed by atoms with E-state index in [2.05, 4.69) is 24.1 Å². The Bertz CT molecular complexity index is 351. The lowest BCUT2D eigenvalue weighted by Crippen LogP contribution is -2.53. The molecule has 1 atom stereocenters. The highest BCUT2D eigenvalue weighted by atomic mass is 35.5. The fraction of sp³-hybridized carbons (Fsp3) is 0.938. The third kappa shape index (κ3) is 4.13. The fourth-order valence-corrected chi connectivity index (χ4v) is 3.72. The maximum absolute atomic E-state index is 13.0. The Kier molecular flexibility index (Phi) is 7.59. The second-order valence-electron chi connectivity index (χ2n) is 6.92. The minimum atomic E-state index is -0.349. The van der Waals surface area contributed by atoms with Gasteiger partial charge in [-0.15, -0.1) is 12.4 Å². The molecule has 22 heavy (non-hydrogen) atoms. The van der Waals surface area contributed by atoms with Crippen molar-refractivity contribution in [1.29, 1.82) is 0 Å². The third-order valence-electron chi connectivity index (χ3n) is 5.22. The second-order valence-corrected chi connectivity index (χ2v) is 6.92. The van der Waals surface area contributed by atoms with Gasteiger partial charge in [0.1, 0.15) is 0 Å². The molecule has 0 saturated carbocycles. The van der Waals surface area contributed by atoms with Crippen molar-refractivity contribution in [2.24, 2.45) is 5.41 Å². The molecule has 0 spiro atoms. The highest BCUT2D eigenvalue weighted by Crippen LogP contribution is 2.30. The molecule has 6 heteroatoms. The molecule has 2 aliphatic heterocycles. The smallest absolute Gasteiger partial charge is 0.232 e. The predicted molar refractivity (Wildman–Crippen MR) is 91.5 cm³/mol. The third-order valence-corrected chi connectivity index (χ3v) is 5.22. The Hall–Kier alpha value is -0.360. The van der Waals surface area contributed by atoms with Gasteiger partial charge in [0.15, 0.2) is 0 Å². The summed E-state index contributed by atoms with van der Waals surface area (Å²) in [5, 5.41) is 3.32. The van der Waals surface area contributed by atoms with Crippen LogP contribution in [0.2, 0.25) is 0 Å². The Morgan fingerprint density at radius 2 is 2.05 bits per heavy atom. The van der Waals surface area contributed by atoms with E-state index >= 15 is 0 Å². The monoisotopic (exact) mass is 333 g/mol. The second kappa shape index (κ2) is 8.48. The summed E-state index contributed by atoms with van der Waals surface area (Å²) in [5.74, 6) is 0.261. The van der Waals surface area contributed by atoms with Crippen LogP contribution in [0, 0.1) is 5.41 Å². The van der Waals surface area contributed by atoms with Gasteiger partial charge in [-0.3, -0.25) is 4.79 Å². The molecule has 2 heterocycles. The first kappa shape index (κ1) is 19.7. The zero-order valence-electron chi connectivity index (χ0n) is 14.4. The van der Waals surface area contributed by atoms with Crippen LogP contribution < -0.4 is 5.32 Å². The lowest BCUT2D eigenvalue weighted by molar-refractivity contribution is -0.146. The zero-order valence-corrected chi connectivity index (χ0v) is 15.2. The first-order valence-corrected chi connectivity index (χ1v) is 8.21. The van der Waals surface area contributed by atoms with E-state index in [1.807, 2.05) is 11.9 Å². The van der Waals surface area contributed by atoms with E-state index in [9.17, 15) is 4.79 Å². The molecule has 0 aromatic carbocycles. The molecule has 1 N–H and O–H groups in total. The minimum Gasteiger partial charge on any atom is -0.384 e. The molecule has 130 valence electrons. The summed E-state index contributed by atoms with van der Waals surface area (Å²) in [4.78, 5) is 17.5. The average Bonchev–Trinajstić information content (AvgIpc) is 2.96. The van der Waals surface area contributed by atoms with Gasteiger partial charge in [-0.2, -0.15) is 0 Å². The van der Waals surface area contributed by atoms with Gasteiger partial charge in [0.2, 0.25) is 5.91 Å². The van der Waals surface area contributed by atoms with E-state index in [0.29, 0.717) is 18.7 Å². The number of carbonyl (C=O) groups excluding carboxylic acids is 1. The van der Waals surface area contributed by atoms with Crippen LogP contribution >= 0.6 is 12.4 Å². The first-order valence-electron chi connectivity index (χ1n) is 8.21. The van der Waals surface area contributed by atoms with E-state index < -0.39 is 0 Å². The van der Waals surface area contributed by atoms with Gasteiger partial charge in [-0.05, 0) is 39.7 Å². The van der Waals surface area contributed by atoms with Crippen molar-refractivity contribution >= 4 is 18.3 Å². The molecule has 1 unspecified atom stereocenters. The molecule has 2 fully saturated rings. The Labute approximate surface area is 141 Å². The SMILES string of the molecule is COCC1(C(=O)N(C)C2CCN(C(C)C)CC2)CCNC1.Cl. The van der Waals surface area contributed by atoms with Gasteiger partial charge < -0.3 is 19.9 Å². The number of methoxy groups -OCH3 is 1. The van der Waals surface area contributed by atoms with Crippen LogP contribution in [0.5, 0.6) is 0 Å². The van der Waals surface area contributed by atoms with Gasteiger partial charge >= 0.3 is 0 Å². The first-order chi connectivity index (χ1) is 10.00. The molecular weight excluding hydrogens is 302 g/mol. The number of nitrogens with one attached hydrogen (secondary N) is 1. The van der Waals surface area contributed by atoms with Gasteiger partial charge in [0, 0.05) is 45.9 Å². The van der Waals surface area contributed by atoms with Crippen LogP contribution in [0.25, 0.3) is 0 Å². The lowest BCUT2D eigenvalue weighted by Gasteiger charge is -2.41. The van der Waals surface area contributed by atoms with Crippen molar-refractivity contribution < 1.29 is 9.53 Å². The maximum atomic E-state index is 13.0. The number of halogens is 1. The number of likely N-dealkylation sites (tertiary alicyclic amines) is 1. The van der Waals surface area contributed by atoms with E-state index in [-0.39, 0.29) is 23.7 Å². The summed E-state index contributed by atoms with van der Waals surface area (Å²) in [7, 11) is 3.67. The number of hydrogen-bond donors (Lipinski definition) is 1. The van der Waals surface area contributed by atoms with Gasteiger partial charge in [-0.25, -0.2) is 0 Å². The van der Waals surface area contributed by atoms with Crippen molar-refractivity contribution in [2.45, 2.75) is 45.2 Å². The maximum Gasteiger partial charge on any atom is 0.232 e. The molecule has 2 rings (SSSR count). The molecule has 0 aromatic heterocycles. The highest BCUT2D eigenvalue weighted by Gasteiger charge is 2.44. The van der Waals surface area contributed by atoms with E-state index in [1.54, 1.807) is 7.11 Å². The van der Waals surface area contributed by atoms with Gasteiger partial charge in [0.25, 0.3) is 0 Å². The summed E-state index contributed by atoms with van der Waals surface area (Å²) in [6.45, 7) is 8.85. The Balaban J connectivity index is 0.00000242. The van der Waals surface area contributed by atoms with Crippen LogP contribution in [-0.2, 0) is 9.53 Å². The molecule has 0 bridgehead atoms. The van der Waals surface area contributed by atoms with Crippen molar-refractivity contribution in [1.82, 2.24) is 15.1 Å². The molecule has 1 amide bonds. The summed E-state index contributed by atoms with van der Waals surface area (Å²) < 4.78 is 5.34. The Morgan fingerprint density at radius 1 is 1.41 bits per heavy atom. The number of carbonyl (C=O) groups is 1. The molecule has 0 aliphatic carbocycles. The molecular formula is C16H32ClN3O2. The largest absolute Gasteiger partial charge is 0.384 e. The molecule has 2 aliphatic rings. The predicted octanol–water partition coefficient (Wildman–Crippen LogP) is 1.37. The Morgan fingerprint density at radius 3 is 2.50 bits per heavy atom. The fourth-order valence-electron chi connectivity index (χ4n) is 3.72. The highest BCUT2D eigenvalue weighted by molar-refractivity contribution is 5.85. The summed E-state index contributed by atoms with van der Waals surface area (Å²) in [6, 6.07) is 0.979. The number of piperidine rings is 1. The number of amides is 1. The number of ether oxygens (including phenoxy) is 1. The van der Waals surface area contributed by atoms with Crippen molar-refractivity contribution in [2.75, 3.05) is 46.9 Å². The lowest BCUT2D eigenvalue weighted by atomic mass is 9.85. The van der Waals surface area contributed by atoms with Crippen LogP contribution in [0.15, 0.2) is 0 Å². The van der Waals surface area contributed by atoms with E-state index in [0.717, 1.165) is 45.4 Å². The standard InChI is InChI=1S/C16H31N3O2.ClH/c1-13(2)19-9-5-14(6-10-19)18(3)15(20)16(12-21-4)7-8-17-11-16;/h13-14,17H,5-12H2,1-4H3;1H. The summed E-state index contributed by atoms with van der Waals surface area (Å²) in [6.07, 6.45) is 3.04. The quantitative estimate of drug-likeness (QED) is 0.825. The van der Waals surface area contributed by atoms with Crippen LogP contribution in [0.4, 0.5) is 0 Å². The van der Waals surface area contributed by atoms with E-state index in [1.165, 1.54) is 0 Å². The normalized spacial score (nSPS) is 27.0. The molecule has 0 aromatic rings. The number of nitrogens with zero attached hydrogens (tertiary/aromatic N) is 2. The van der Waals surface area contributed by atoms with Gasteiger partial charge in [0.05, 0.1) is 12.0 Å². The summed E-state index contributed by atoms with van der Waals surface area (Å²) >= 11 is 0. The van der Waals surface area contributed by atoms with E-state index in [4.69, 9.17) is 4.74 Å². The van der Waals surface area contributed by atoms with Crippen LogP contribution in [0.3, 0.4) is 0 Å². The molecule has 0 radical (unpaired) electrons. The molecule has 5 nitrogen and oxygen atoms in total. The topological polar surface area (TPSA) is 44.8 Å². The minimum absolute atomic E-state index is 0. The van der Waals surface area contributed by atoms with Crippen molar-refractivity contribution in [3.63, 3.8) is 0 Å². The average molecular weight is 334 g/mol. The number of rotatable bonds is 5. The van der Waals surface area contributed by atoms with Crippen molar-refractivity contribution in [3.05, 3.63) is 0 Å². The zero-order chi connectivity index (χ0) is 15.5. The van der Waals surface area contributed by atoms with Crippen LogP contribution in [0.1, 0.15) is 33.1 Å². The number of hydrogen-bond acceptors (Lipinski definition) is 4. The van der Waals surface area contributed by atoms with Crippen LogP contribution in [-0.4, -0.2) is 74.7 Å². The summed E-state index contributed by atoms with van der Waals surface area (Å²) in [5.41, 5.74) is -0.349. The van der Waals surface area contributed by atoms with Crippen molar-refractivity contribution in [3.8, 4) is 0 Å². The molecule has 2 saturated heterocycles. The van der Waals surface area contributed by atoms with Gasteiger partial charge in [-0.1, -0.05) is 0 Å².